The number of carbonyl (C=O) groups is 1. The number of aromatic nitrogens is 3. The molecule has 4 heterocycles. The molecule has 242 valence electrons. The van der Waals surface area contributed by atoms with E-state index in [1.165, 1.54) is 13.2 Å². The van der Waals surface area contributed by atoms with Crippen LogP contribution >= 0.6 is 0 Å². The van der Waals surface area contributed by atoms with Gasteiger partial charge < -0.3 is 29.3 Å². The number of carbonyl (C=O) groups excluding carboxylic acids is 1. The zero-order chi connectivity index (χ0) is 32.4. The molecule has 2 aliphatic rings. The molecule has 0 bridgehead atoms. The Kier molecular flexibility index (Phi) is 9.34. The predicted octanol–water partition coefficient (Wildman–Crippen LogP) is 1.86. The van der Waals surface area contributed by atoms with Crippen LogP contribution in [0.4, 0.5) is 29.1 Å². The minimum Gasteiger partial charge on any atom is -0.497 e. The monoisotopic (exact) mass is 650 g/mol. The third-order valence-corrected chi connectivity index (χ3v) is 8.09. The summed E-state index contributed by atoms with van der Waals surface area (Å²) in [5, 5.41) is 5.91. The van der Waals surface area contributed by atoms with Crippen molar-refractivity contribution in [2.24, 2.45) is 0 Å². The quantitative estimate of drug-likeness (QED) is 0.200. The van der Waals surface area contributed by atoms with Crippen LogP contribution in [0.3, 0.4) is 0 Å². The average molecular weight is 651 g/mol. The Bertz CT molecular complexity index is 1590. The number of amides is 1. The van der Waals surface area contributed by atoms with E-state index in [2.05, 4.69) is 15.4 Å². The number of methoxy groups -OCH3 is 1. The zero-order valence-corrected chi connectivity index (χ0v) is 27.1. The molecule has 2 atom stereocenters. The molecule has 0 spiro atoms. The molecule has 1 aromatic carbocycles. The topological polar surface area (TPSA) is 111 Å². The van der Waals surface area contributed by atoms with E-state index in [9.17, 15) is 27.2 Å². The Morgan fingerprint density at radius 1 is 1.20 bits per heavy atom. The molecule has 5 rings (SSSR count). The van der Waals surface area contributed by atoms with Gasteiger partial charge in [-0.2, -0.15) is 18.3 Å². The van der Waals surface area contributed by atoms with E-state index >= 15 is 0 Å². The standard InChI is InChI=1S/C29H34F4N6O5Si/c1-28(45,36-22-13-35-39(27(41)25(22)29(31,32)33)14-18-3-5-21(42-2)6-4-18)17-43-10-7-24(40)37-8-9-38-20(15-37)16-44-23-11-19(30)12-34-26(23)38/h3-6,11-13,20,36H,7-10,14-17H2,1-2,45H3. The molecule has 2 aliphatic heterocycles. The first-order valence-electron chi connectivity index (χ1n) is 14.3. The molecule has 1 saturated heterocycles. The smallest absolute Gasteiger partial charge is 0.423 e. The van der Waals surface area contributed by atoms with Crippen LogP contribution in [0.25, 0.3) is 0 Å². The van der Waals surface area contributed by atoms with Gasteiger partial charge in [-0.1, -0.05) is 12.1 Å². The highest BCUT2D eigenvalue weighted by Gasteiger charge is 2.39. The number of anilines is 2. The van der Waals surface area contributed by atoms with Crippen molar-refractivity contribution < 1.29 is 36.6 Å². The summed E-state index contributed by atoms with van der Waals surface area (Å²) in [5.74, 6) is 0.910. The number of ether oxygens (including phenoxy) is 3. The number of alkyl halides is 3. The number of nitrogens with one attached hydrogen (secondary N) is 1. The van der Waals surface area contributed by atoms with Crippen molar-refractivity contribution >= 4 is 27.7 Å². The molecule has 1 fully saturated rings. The lowest BCUT2D eigenvalue weighted by atomic mass is 10.1. The number of hydrogen-bond donors (Lipinski definition) is 1. The van der Waals surface area contributed by atoms with Crippen molar-refractivity contribution in [2.75, 3.05) is 56.8 Å². The lowest BCUT2D eigenvalue weighted by Gasteiger charge is -2.44. The van der Waals surface area contributed by atoms with Crippen molar-refractivity contribution in [3.63, 3.8) is 0 Å². The SMILES string of the molecule is COc1ccc(Cn2ncc(NC(C)([SiH3])COCCC(=O)N3CCN4c5ncc(F)cc5OCC4C3)c(C(F)(F)F)c2=O)cc1. The molecule has 2 unspecified atom stereocenters. The minimum atomic E-state index is -4.92. The normalized spacial score (nSPS) is 17.6. The number of rotatable bonds is 10. The molecular formula is C29H34F4N6O5Si. The Morgan fingerprint density at radius 3 is 2.67 bits per heavy atom. The molecule has 45 heavy (non-hydrogen) atoms. The number of halogens is 4. The molecule has 2 aromatic heterocycles. The van der Waals surface area contributed by atoms with Crippen molar-refractivity contribution in [1.29, 1.82) is 0 Å². The molecule has 0 saturated carbocycles. The van der Waals surface area contributed by atoms with E-state index in [0.29, 0.717) is 59.4 Å². The minimum absolute atomic E-state index is 0.0159. The fraction of sp³-hybridized carbons (Fsp3) is 0.448. The number of hydrogen-bond acceptors (Lipinski definition) is 9. The molecular weight excluding hydrogens is 616 g/mol. The van der Waals surface area contributed by atoms with Gasteiger partial charge in [-0.3, -0.25) is 9.59 Å². The molecule has 1 N–H and O–H groups in total. The van der Waals surface area contributed by atoms with E-state index in [1.54, 1.807) is 36.1 Å². The summed E-state index contributed by atoms with van der Waals surface area (Å²) in [6.07, 6.45) is -2.69. The van der Waals surface area contributed by atoms with E-state index in [1.807, 2.05) is 4.90 Å². The first-order chi connectivity index (χ1) is 21.3. The van der Waals surface area contributed by atoms with Gasteiger partial charge in [0.2, 0.25) is 5.91 Å². The van der Waals surface area contributed by atoms with Gasteiger partial charge in [0.25, 0.3) is 5.56 Å². The number of pyridine rings is 1. The van der Waals surface area contributed by atoms with Gasteiger partial charge in [-0.25, -0.2) is 14.1 Å². The Labute approximate surface area is 259 Å². The van der Waals surface area contributed by atoms with Crippen molar-refractivity contribution in [2.45, 2.75) is 37.3 Å². The van der Waals surface area contributed by atoms with E-state index in [-0.39, 0.29) is 38.1 Å². The van der Waals surface area contributed by atoms with Gasteiger partial charge in [0.1, 0.15) is 23.7 Å². The highest BCUT2D eigenvalue weighted by Crippen LogP contribution is 2.34. The second-order valence-electron chi connectivity index (χ2n) is 11.5. The summed E-state index contributed by atoms with van der Waals surface area (Å²) in [6.45, 7) is 3.30. The highest BCUT2D eigenvalue weighted by atomic mass is 28.1. The molecule has 16 heteroatoms. The van der Waals surface area contributed by atoms with E-state index in [4.69, 9.17) is 14.2 Å². The van der Waals surface area contributed by atoms with Gasteiger partial charge in [0, 0.05) is 41.1 Å². The first kappa shape index (κ1) is 32.2. The van der Waals surface area contributed by atoms with E-state index < -0.39 is 34.0 Å². The van der Waals surface area contributed by atoms with Crippen LogP contribution in [-0.4, -0.2) is 93.6 Å². The van der Waals surface area contributed by atoms with E-state index in [0.717, 1.165) is 17.1 Å². The number of nitrogens with zero attached hydrogens (tertiary/aromatic N) is 5. The van der Waals surface area contributed by atoms with Crippen LogP contribution in [0.5, 0.6) is 11.5 Å². The van der Waals surface area contributed by atoms with Crippen LogP contribution in [0, 0.1) is 5.82 Å². The second-order valence-corrected chi connectivity index (χ2v) is 13.7. The fourth-order valence-electron chi connectivity index (χ4n) is 5.34. The summed E-state index contributed by atoms with van der Waals surface area (Å²) in [6, 6.07) is 7.76. The maximum atomic E-state index is 14.1. The van der Waals surface area contributed by atoms with Gasteiger partial charge in [-0.15, -0.1) is 0 Å². The van der Waals surface area contributed by atoms with Crippen molar-refractivity contribution in [3.8, 4) is 11.5 Å². The van der Waals surface area contributed by atoms with Crippen molar-refractivity contribution in [1.82, 2.24) is 19.7 Å². The summed E-state index contributed by atoms with van der Waals surface area (Å²) >= 11 is 0. The second kappa shape index (κ2) is 13.0. The largest absolute Gasteiger partial charge is 0.497 e. The summed E-state index contributed by atoms with van der Waals surface area (Å²) < 4.78 is 73.0. The molecule has 1 amide bonds. The van der Waals surface area contributed by atoms with Crippen LogP contribution in [0.2, 0.25) is 0 Å². The number of piperazine rings is 1. The lowest BCUT2D eigenvalue weighted by Crippen LogP contribution is -2.58. The maximum Gasteiger partial charge on any atom is 0.423 e. The summed E-state index contributed by atoms with van der Waals surface area (Å²) in [7, 11) is 1.85. The molecule has 0 radical (unpaired) electrons. The van der Waals surface area contributed by atoms with Gasteiger partial charge in [-0.05, 0) is 24.6 Å². The van der Waals surface area contributed by atoms with Crippen LogP contribution < -0.4 is 25.2 Å². The summed E-state index contributed by atoms with van der Waals surface area (Å²) in [5.41, 5.74) is -2.44. The maximum absolute atomic E-state index is 14.1. The number of benzene rings is 1. The van der Waals surface area contributed by atoms with Gasteiger partial charge in [0.15, 0.2) is 11.6 Å². The third kappa shape index (κ3) is 7.55. The Hall–Kier alpha value is -4.18. The third-order valence-electron chi connectivity index (χ3n) is 7.55. The van der Waals surface area contributed by atoms with Crippen molar-refractivity contribution in [3.05, 3.63) is 70.0 Å². The lowest BCUT2D eigenvalue weighted by molar-refractivity contribution is -0.138. The van der Waals surface area contributed by atoms with Gasteiger partial charge in [0.05, 0.1) is 57.4 Å². The molecule has 11 nitrogen and oxygen atoms in total. The first-order valence-corrected chi connectivity index (χ1v) is 15.3. The summed E-state index contributed by atoms with van der Waals surface area (Å²) in [4.78, 5) is 33.7. The van der Waals surface area contributed by atoms with Crippen LogP contribution in [-0.2, 0) is 22.3 Å². The predicted molar refractivity (Wildman–Crippen MR) is 160 cm³/mol. The molecule has 3 aromatic rings. The zero-order valence-electron chi connectivity index (χ0n) is 25.1. The average Bonchev–Trinajstić information content (AvgIpc) is 2.99. The molecule has 0 aliphatic carbocycles. The highest BCUT2D eigenvalue weighted by molar-refractivity contribution is 6.16. The van der Waals surface area contributed by atoms with Crippen LogP contribution in [0.1, 0.15) is 24.5 Å². The van der Waals surface area contributed by atoms with Crippen LogP contribution in [0.15, 0.2) is 47.5 Å². The number of fused-ring (bicyclic) bond motifs is 3. The Morgan fingerprint density at radius 2 is 1.96 bits per heavy atom. The van der Waals surface area contributed by atoms with Gasteiger partial charge >= 0.3 is 6.18 Å². The Balaban J connectivity index is 1.15. The fourth-order valence-corrected chi connectivity index (χ4v) is 5.82.